The molecule has 2 N–H and O–H groups in total. The number of hydrogen-bond acceptors (Lipinski definition) is 3. The van der Waals surface area contributed by atoms with Crippen molar-refractivity contribution in [2.75, 3.05) is 13.2 Å². The first kappa shape index (κ1) is 15.3. The molecule has 0 aromatic heterocycles. The summed E-state index contributed by atoms with van der Waals surface area (Å²) in [6.45, 7) is 1.56. The fourth-order valence-electron chi connectivity index (χ4n) is 1.40. The highest BCUT2D eigenvalue weighted by Crippen LogP contribution is 2.30. The van der Waals surface area contributed by atoms with Gasteiger partial charge in [-0.25, -0.2) is 4.79 Å². The summed E-state index contributed by atoms with van der Waals surface area (Å²) in [5.41, 5.74) is -0.771. The average molecular weight is 277 g/mol. The molecular weight excluding hydrogens is 263 g/mol. The largest absolute Gasteiger partial charge is 0.450 e. The van der Waals surface area contributed by atoms with Gasteiger partial charge in [0.25, 0.3) is 0 Å². The number of rotatable bonds is 4. The molecule has 1 aromatic carbocycles. The van der Waals surface area contributed by atoms with Crippen molar-refractivity contribution < 1.29 is 27.8 Å². The highest BCUT2D eigenvalue weighted by molar-refractivity contribution is 5.67. The van der Waals surface area contributed by atoms with Crippen LogP contribution in [0.4, 0.5) is 18.0 Å². The Hall–Kier alpha value is -1.76. The van der Waals surface area contributed by atoms with E-state index in [-0.39, 0.29) is 18.7 Å². The van der Waals surface area contributed by atoms with Gasteiger partial charge in [-0.05, 0) is 24.6 Å². The van der Waals surface area contributed by atoms with Crippen molar-refractivity contribution in [3.63, 3.8) is 0 Å². The van der Waals surface area contributed by atoms with Crippen LogP contribution < -0.4 is 5.32 Å². The molecule has 0 heterocycles. The van der Waals surface area contributed by atoms with Crippen molar-refractivity contribution in [1.82, 2.24) is 5.32 Å². The quantitative estimate of drug-likeness (QED) is 0.889. The van der Waals surface area contributed by atoms with Crippen LogP contribution >= 0.6 is 0 Å². The minimum absolute atomic E-state index is 0.0756. The second-order valence-electron chi connectivity index (χ2n) is 3.74. The molecule has 106 valence electrons. The van der Waals surface area contributed by atoms with Crippen molar-refractivity contribution in [3.8, 4) is 0 Å². The van der Waals surface area contributed by atoms with Gasteiger partial charge in [-0.15, -0.1) is 0 Å². The van der Waals surface area contributed by atoms with Crippen LogP contribution in [0.1, 0.15) is 24.2 Å². The van der Waals surface area contributed by atoms with Gasteiger partial charge in [0, 0.05) is 0 Å². The van der Waals surface area contributed by atoms with Gasteiger partial charge in [-0.3, -0.25) is 0 Å². The average Bonchev–Trinajstić information content (AvgIpc) is 2.35. The second kappa shape index (κ2) is 6.42. The summed E-state index contributed by atoms with van der Waals surface area (Å²) in [5, 5.41) is 11.9. The number of benzene rings is 1. The molecule has 1 rings (SSSR count). The van der Waals surface area contributed by atoms with Gasteiger partial charge in [0.05, 0.1) is 24.8 Å². The number of alkyl carbamates (subject to hydrolysis) is 1. The Labute approximate surface area is 108 Å². The maximum absolute atomic E-state index is 12.5. The molecule has 0 fully saturated rings. The Morgan fingerprint density at radius 1 is 1.47 bits per heavy atom. The smallest absolute Gasteiger partial charge is 0.416 e. The molecular formula is C12H14F3NO3. The summed E-state index contributed by atoms with van der Waals surface area (Å²) in [4.78, 5) is 11.0. The first-order chi connectivity index (χ1) is 8.84. The van der Waals surface area contributed by atoms with Crippen LogP contribution in [-0.4, -0.2) is 24.4 Å². The molecule has 1 amide bonds. The van der Waals surface area contributed by atoms with Crippen molar-refractivity contribution in [2.45, 2.75) is 19.2 Å². The zero-order valence-electron chi connectivity index (χ0n) is 10.2. The zero-order chi connectivity index (χ0) is 14.5. The van der Waals surface area contributed by atoms with E-state index in [0.717, 1.165) is 12.1 Å². The lowest BCUT2D eigenvalue weighted by Crippen LogP contribution is -2.29. The summed E-state index contributed by atoms with van der Waals surface area (Å²) in [6, 6.07) is 4.31. The highest BCUT2D eigenvalue weighted by atomic mass is 19.4. The first-order valence-electron chi connectivity index (χ1n) is 5.60. The van der Waals surface area contributed by atoms with E-state index in [2.05, 4.69) is 10.1 Å². The number of carbonyl (C=O) groups is 1. The highest BCUT2D eigenvalue weighted by Gasteiger charge is 2.30. The number of hydrogen-bond donors (Lipinski definition) is 2. The number of aliphatic hydroxyl groups excluding tert-OH is 1. The predicted molar refractivity (Wildman–Crippen MR) is 61.4 cm³/mol. The number of carbonyl (C=O) groups excluding carboxylic acids is 1. The molecule has 1 unspecified atom stereocenters. The van der Waals surface area contributed by atoms with E-state index in [1.165, 1.54) is 12.1 Å². The molecule has 1 aromatic rings. The van der Waals surface area contributed by atoms with Crippen LogP contribution in [0.2, 0.25) is 0 Å². The third-order valence-electron chi connectivity index (χ3n) is 2.31. The summed E-state index contributed by atoms with van der Waals surface area (Å²) < 4.78 is 42.0. The predicted octanol–water partition coefficient (Wildman–Crippen LogP) is 2.48. The Morgan fingerprint density at radius 2 is 2.16 bits per heavy atom. The van der Waals surface area contributed by atoms with E-state index in [0.29, 0.717) is 0 Å². The van der Waals surface area contributed by atoms with Gasteiger partial charge in [0.2, 0.25) is 0 Å². The monoisotopic (exact) mass is 277 g/mol. The van der Waals surface area contributed by atoms with Crippen LogP contribution in [0.3, 0.4) is 0 Å². The van der Waals surface area contributed by atoms with Crippen molar-refractivity contribution in [3.05, 3.63) is 35.4 Å². The van der Waals surface area contributed by atoms with E-state index < -0.39 is 23.9 Å². The number of aliphatic hydroxyl groups is 1. The molecule has 4 nitrogen and oxygen atoms in total. The lowest BCUT2D eigenvalue weighted by Gasteiger charge is -2.14. The lowest BCUT2D eigenvalue weighted by atomic mass is 10.1. The van der Waals surface area contributed by atoms with Crippen LogP contribution in [0.25, 0.3) is 0 Å². The third kappa shape index (κ3) is 4.78. The van der Waals surface area contributed by atoms with E-state index >= 15 is 0 Å². The number of halogens is 3. The fraction of sp³-hybridized carbons (Fsp3) is 0.417. The molecule has 0 aliphatic rings. The van der Waals surface area contributed by atoms with Gasteiger partial charge in [-0.1, -0.05) is 12.1 Å². The third-order valence-corrected chi connectivity index (χ3v) is 2.31. The number of nitrogens with one attached hydrogen (secondary N) is 1. The molecule has 0 aliphatic carbocycles. The summed E-state index contributed by atoms with van der Waals surface area (Å²) in [5.74, 6) is 0. The zero-order valence-corrected chi connectivity index (χ0v) is 10.2. The van der Waals surface area contributed by atoms with Gasteiger partial charge in [-0.2, -0.15) is 13.2 Å². The molecule has 0 radical (unpaired) electrons. The Morgan fingerprint density at radius 3 is 2.74 bits per heavy atom. The molecule has 1 atom stereocenters. The molecule has 19 heavy (non-hydrogen) atoms. The topological polar surface area (TPSA) is 58.6 Å². The summed E-state index contributed by atoms with van der Waals surface area (Å²) in [6.07, 6.45) is -6.43. The maximum Gasteiger partial charge on any atom is 0.416 e. The van der Waals surface area contributed by atoms with Crippen molar-refractivity contribution in [1.29, 1.82) is 0 Å². The number of ether oxygens (including phenoxy) is 1. The molecule has 0 aliphatic heterocycles. The minimum Gasteiger partial charge on any atom is -0.450 e. The summed E-state index contributed by atoms with van der Waals surface area (Å²) in [7, 11) is 0. The fourth-order valence-corrected chi connectivity index (χ4v) is 1.40. The maximum atomic E-state index is 12.5. The molecule has 0 spiro atoms. The molecule has 0 saturated heterocycles. The lowest BCUT2D eigenvalue weighted by molar-refractivity contribution is -0.137. The summed E-state index contributed by atoms with van der Waals surface area (Å²) >= 11 is 0. The van der Waals surface area contributed by atoms with Crippen LogP contribution in [0.15, 0.2) is 24.3 Å². The van der Waals surface area contributed by atoms with Crippen molar-refractivity contribution in [2.24, 2.45) is 0 Å². The van der Waals surface area contributed by atoms with Gasteiger partial charge < -0.3 is 15.2 Å². The van der Waals surface area contributed by atoms with E-state index in [9.17, 15) is 23.1 Å². The molecule has 7 heteroatoms. The van der Waals surface area contributed by atoms with Gasteiger partial charge in [0.1, 0.15) is 0 Å². The SMILES string of the molecule is CCOC(=O)NCC(O)c1cccc(C(F)(F)F)c1. The van der Waals surface area contributed by atoms with Crippen LogP contribution in [-0.2, 0) is 10.9 Å². The minimum atomic E-state index is -4.47. The van der Waals surface area contributed by atoms with Gasteiger partial charge in [0.15, 0.2) is 0 Å². The number of alkyl halides is 3. The normalized spacial score (nSPS) is 12.9. The van der Waals surface area contributed by atoms with Crippen molar-refractivity contribution >= 4 is 6.09 Å². The second-order valence-corrected chi connectivity index (χ2v) is 3.74. The standard InChI is InChI=1S/C12H14F3NO3/c1-2-19-11(18)16-7-10(17)8-4-3-5-9(6-8)12(13,14)15/h3-6,10,17H,2,7H2,1H3,(H,16,18). The van der Waals surface area contributed by atoms with E-state index in [1.807, 2.05) is 0 Å². The Balaban J connectivity index is 2.67. The van der Waals surface area contributed by atoms with Gasteiger partial charge >= 0.3 is 12.3 Å². The Bertz CT molecular complexity index is 434. The molecule has 0 saturated carbocycles. The first-order valence-corrected chi connectivity index (χ1v) is 5.60. The Kier molecular flexibility index (Phi) is 5.17. The van der Waals surface area contributed by atoms with E-state index in [1.54, 1.807) is 6.92 Å². The van der Waals surface area contributed by atoms with Crippen LogP contribution in [0, 0.1) is 0 Å². The van der Waals surface area contributed by atoms with Crippen LogP contribution in [0.5, 0.6) is 0 Å². The number of amides is 1. The molecule has 0 bridgehead atoms. The van der Waals surface area contributed by atoms with E-state index in [4.69, 9.17) is 0 Å².